The normalized spacial score (nSPS) is 16.4. The monoisotopic (exact) mass is 291 g/mol. The van der Waals surface area contributed by atoms with Gasteiger partial charge in [-0.05, 0) is 44.0 Å². The zero-order valence-corrected chi connectivity index (χ0v) is 13.0. The zero-order chi connectivity index (χ0) is 15.2. The van der Waals surface area contributed by atoms with Crippen LogP contribution in [0.2, 0.25) is 0 Å². The third kappa shape index (κ3) is 4.17. The van der Waals surface area contributed by atoms with Gasteiger partial charge in [-0.3, -0.25) is 10.1 Å². The van der Waals surface area contributed by atoms with Crippen LogP contribution in [0.3, 0.4) is 0 Å². The Bertz CT molecular complexity index is 449. The number of piperidine rings is 1. The summed E-state index contributed by atoms with van der Waals surface area (Å²) in [4.78, 5) is 15.2. The van der Waals surface area contributed by atoms with E-state index in [1.165, 1.54) is 19.4 Å². The summed E-state index contributed by atoms with van der Waals surface area (Å²) in [6.07, 6.45) is 2.40. The lowest BCUT2D eigenvalue weighted by Gasteiger charge is -2.35. The van der Waals surface area contributed by atoms with Crippen molar-refractivity contribution in [1.29, 1.82) is 0 Å². The van der Waals surface area contributed by atoms with E-state index in [0.717, 1.165) is 37.8 Å². The average molecular weight is 291 g/mol. The van der Waals surface area contributed by atoms with Crippen LogP contribution in [-0.2, 0) is 0 Å². The molecule has 116 valence electrons. The Morgan fingerprint density at radius 3 is 2.24 bits per heavy atom. The number of rotatable bonds is 6. The van der Waals surface area contributed by atoms with E-state index < -0.39 is 0 Å². The summed E-state index contributed by atoms with van der Waals surface area (Å²) in [6, 6.07) is 6.92. The van der Waals surface area contributed by atoms with Crippen LogP contribution in [-0.4, -0.2) is 42.5 Å². The molecule has 5 heteroatoms. The number of hydrogen-bond acceptors (Lipinski definition) is 4. The standard InChI is InChI=1S/C16H25N3O2/c1-3-17(4-2)13-14-9-11-18(12-10-14)15-5-7-16(8-6-15)19(20)21/h5-8,14H,3-4,9-13H2,1-2H3. The Labute approximate surface area is 126 Å². The summed E-state index contributed by atoms with van der Waals surface area (Å²) in [5, 5.41) is 10.7. The Morgan fingerprint density at radius 2 is 1.76 bits per heavy atom. The quantitative estimate of drug-likeness (QED) is 0.597. The van der Waals surface area contributed by atoms with Gasteiger partial charge in [0.15, 0.2) is 0 Å². The van der Waals surface area contributed by atoms with Gasteiger partial charge in [-0.15, -0.1) is 0 Å². The van der Waals surface area contributed by atoms with E-state index in [-0.39, 0.29) is 10.6 Å². The van der Waals surface area contributed by atoms with Gasteiger partial charge in [0.2, 0.25) is 0 Å². The third-order valence-electron chi connectivity index (χ3n) is 4.45. The van der Waals surface area contributed by atoms with E-state index in [0.29, 0.717) is 0 Å². The molecule has 0 atom stereocenters. The van der Waals surface area contributed by atoms with Gasteiger partial charge < -0.3 is 9.80 Å². The number of non-ortho nitro benzene ring substituents is 1. The fourth-order valence-corrected chi connectivity index (χ4v) is 3.01. The molecule has 0 N–H and O–H groups in total. The van der Waals surface area contributed by atoms with Gasteiger partial charge in [0.05, 0.1) is 4.92 Å². The first-order chi connectivity index (χ1) is 10.1. The summed E-state index contributed by atoms with van der Waals surface area (Å²) in [5.74, 6) is 0.777. The summed E-state index contributed by atoms with van der Waals surface area (Å²) in [7, 11) is 0. The minimum absolute atomic E-state index is 0.162. The Morgan fingerprint density at radius 1 is 1.19 bits per heavy atom. The van der Waals surface area contributed by atoms with Crippen molar-refractivity contribution in [3.05, 3.63) is 34.4 Å². The van der Waals surface area contributed by atoms with E-state index in [1.807, 2.05) is 12.1 Å². The summed E-state index contributed by atoms with van der Waals surface area (Å²) < 4.78 is 0. The molecular formula is C16H25N3O2. The average Bonchev–Trinajstić information content (AvgIpc) is 2.53. The maximum Gasteiger partial charge on any atom is 0.269 e. The van der Waals surface area contributed by atoms with Gasteiger partial charge in [0.1, 0.15) is 0 Å². The molecule has 1 aliphatic heterocycles. The van der Waals surface area contributed by atoms with E-state index in [4.69, 9.17) is 0 Å². The van der Waals surface area contributed by atoms with Crippen molar-refractivity contribution in [2.75, 3.05) is 37.6 Å². The van der Waals surface area contributed by atoms with Crippen LogP contribution in [0.5, 0.6) is 0 Å². The zero-order valence-electron chi connectivity index (χ0n) is 13.0. The maximum atomic E-state index is 10.7. The molecule has 1 aromatic carbocycles. The fourth-order valence-electron chi connectivity index (χ4n) is 3.01. The lowest BCUT2D eigenvalue weighted by Crippen LogP contribution is -2.38. The van der Waals surface area contributed by atoms with Crippen LogP contribution in [0.4, 0.5) is 11.4 Å². The fraction of sp³-hybridized carbons (Fsp3) is 0.625. The van der Waals surface area contributed by atoms with Crippen LogP contribution in [0, 0.1) is 16.0 Å². The van der Waals surface area contributed by atoms with Gasteiger partial charge in [0.25, 0.3) is 5.69 Å². The molecule has 0 saturated carbocycles. The largest absolute Gasteiger partial charge is 0.372 e. The number of nitro groups is 1. The SMILES string of the molecule is CCN(CC)CC1CCN(c2ccc([N+](=O)[O-])cc2)CC1. The second-order valence-corrected chi connectivity index (χ2v) is 5.69. The molecular weight excluding hydrogens is 266 g/mol. The molecule has 2 rings (SSSR count). The number of nitro benzene ring substituents is 1. The molecule has 1 saturated heterocycles. The molecule has 1 aromatic rings. The van der Waals surface area contributed by atoms with Crippen molar-refractivity contribution in [3.8, 4) is 0 Å². The van der Waals surface area contributed by atoms with E-state index >= 15 is 0 Å². The molecule has 0 spiro atoms. The van der Waals surface area contributed by atoms with Gasteiger partial charge in [-0.2, -0.15) is 0 Å². The van der Waals surface area contributed by atoms with Crippen molar-refractivity contribution < 1.29 is 4.92 Å². The van der Waals surface area contributed by atoms with Crippen LogP contribution in [0.1, 0.15) is 26.7 Å². The molecule has 0 amide bonds. The molecule has 0 aliphatic carbocycles. The van der Waals surface area contributed by atoms with Crippen molar-refractivity contribution in [2.24, 2.45) is 5.92 Å². The topological polar surface area (TPSA) is 49.6 Å². The second-order valence-electron chi connectivity index (χ2n) is 5.69. The number of anilines is 1. The highest BCUT2D eigenvalue weighted by Gasteiger charge is 2.21. The molecule has 1 heterocycles. The highest BCUT2D eigenvalue weighted by atomic mass is 16.6. The second kappa shape index (κ2) is 7.41. The smallest absolute Gasteiger partial charge is 0.269 e. The van der Waals surface area contributed by atoms with Crippen LogP contribution in [0.25, 0.3) is 0 Å². The number of nitrogens with zero attached hydrogens (tertiary/aromatic N) is 3. The predicted octanol–water partition coefficient (Wildman–Crippen LogP) is 3.15. The first kappa shape index (κ1) is 15.8. The molecule has 1 aliphatic rings. The molecule has 5 nitrogen and oxygen atoms in total. The van der Waals surface area contributed by atoms with Crippen molar-refractivity contribution in [3.63, 3.8) is 0 Å². The van der Waals surface area contributed by atoms with E-state index in [9.17, 15) is 10.1 Å². The van der Waals surface area contributed by atoms with Gasteiger partial charge >= 0.3 is 0 Å². The van der Waals surface area contributed by atoms with E-state index in [1.54, 1.807) is 12.1 Å². The molecule has 0 aromatic heterocycles. The lowest BCUT2D eigenvalue weighted by atomic mass is 9.95. The van der Waals surface area contributed by atoms with Gasteiger partial charge in [-0.1, -0.05) is 13.8 Å². The van der Waals surface area contributed by atoms with Gasteiger partial charge in [-0.25, -0.2) is 0 Å². The van der Waals surface area contributed by atoms with Crippen LogP contribution in [0.15, 0.2) is 24.3 Å². The molecule has 1 fully saturated rings. The summed E-state index contributed by atoms with van der Waals surface area (Å²) >= 11 is 0. The van der Waals surface area contributed by atoms with Crippen molar-refractivity contribution in [1.82, 2.24) is 4.90 Å². The molecule has 0 radical (unpaired) electrons. The van der Waals surface area contributed by atoms with Crippen molar-refractivity contribution in [2.45, 2.75) is 26.7 Å². The molecule has 21 heavy (non-hydrogen) atoms. The first-order valence-electron chi connectivity index (χ1n) is 7.85. The minimum Gasteiger partial charge on any atom is -0.372 e. The van der Waals surface area contributed by atoms with Crippen LogP contribution < -0.4 is 4.90 Å². The van der Waals surface area contributed by atoms with E-state index in [2.05, 4.69) is 23.6 Å². The highest BCUT2D eigenvalue weighted by molar-refractivity contribution is 5.51. The predicted molar refractivity (Wildman–Crippen MR) is 85.8 cm³/mol. The first-order valence-corrected chi connectivity index (χ1v) is 7.85. The number of hydrogen-bond donors (Lipinski definition) is 0. The number of benzene rings is 1. The maximum absolute atomic E-state index is 10.7. The Balaban J connectivity index is 1.87. The van der Waals surface area contributed by atoms with Crippen LogP contribution >= 0.6 is 0 Å². The third-order valence-corrected chi connectivity index (χ3v) is 4.45. The highest BCUT2D eigenvalue weighted by Crippen LogP contribution is 2.25. The molecule has 0 unspecified atom stereocenters. The Kier molecular flexibility index (Phi) is 5.56. The lowest BCUT2D eigenvalue weighted by molar-refractivity contribution is -0.384. The molecule has 0 bridgehead atoms. The summed E-state index contributed by atoms with van der Waals surface area (Å²) in [5.41, 5.74) is 1.26. The summed E-state index contributed by atoms with van der Waals surface area (Å²) in [6.45, 7) is 9.97. The van der Waals surface area contributed by atoms with Gasteiger partial charge in [0, 0.05) is 37.5 Å². The minimum atomic E-state index is -0.347. The van der Waals surface area contributed by atoms with Crippen molar-refractivity contribution >= 4 is 11.4 Å². The Hall–Kier alpha value is -1.62.